The lowest BCUT2D eigenvalue weighted by Crippen LogP contribution is -2.31. The third-order valence-electron chi connectivity index (χ3n) is 2.96. The maximum absolute atomic E-state index is 13.5. The number of carbonyl (C=O) groups is 1. The highest BCUT2D eigenvalue weighted by Crippen LogP contribution is 2.20. The topological polar surface area (TPSA) is 70.2 Å². The van der Waals surface area contributed by atoms with Crippen LogP contribution >= 0.6 is 0 Å². The van der Waals surface area contributed by atoms with Gasteiger partial charge in [-0.05, 0) is 26.2 Å². The van der Waals surface area contributed by atoms with E-state index in [4.69, 9.17) is 0 Å². The van der Waals surface area contributed by atoms with E-state index in [9.17, 15) is 13.6 Å². The molecule has 2 rings (SSSR count). The van der Waals surface area contributed by atoms with E-state index in [0.29, 0.717) is 13.1 Å². The number of hydrogen-bond acceptors (Lipinski definition) is 5. The number of para-hydroxylation sites is 1. The van der Waals surface area contributed by atoms with Crippen molar-refractivity contribution in [2.75, 3.05) is 32.5 Å². The highest BCUT2D eigenvalue weighted by molar-refractivity contribution is 5.93. The Hall–Kier alpha value is -2.61. The van der Waals surface area contributed by atoms with E-state index in [0.717, 1.165) is 12.1 Å². The number of likely N-dealkylation sites (N-methyl/N-ethyl adjacent to an activating group) is 1. The lowest BCUT2D eigenvalue weighted by atomic mass is 10.3. The zero-order chi connectivity index (χ0) is 16.8. The van der Waals surface area contributed by atoms with Crippen molar-refractivity contribution in [3.63, 3.8) is 0 Å². The molecule has 8 heteroatoms. The average Bonchev–Trinajstić information content (AvgIpc) is 2.51. The Morgan fingerprint density at radius 1 is 1.17 bits per heavy atom. The number of hydrogen-bond donors (Lipinski definition) is 2. The zero-order valence-electron chi connectivity index (χ0n) is 12.8. The third kappa shape index (κ3) is 4.68. The summed E-state index contributed by atoms with van der Waals surface area (Å²) in [5.74, 6) is -1.81. The highest BCUT2D eigenvalue weighted by Gasteiger charge is 2.11. The average molecular weight is 321 g/mol. The maximum Gasteiger partial charge on any atom is 0.254 e. The molecule has 2 aromatic rings. The van der Waals surface area contributed by atoms with Crippen LogP contribution in [0.2, 0.25) is 0 Å². The van der Waals surface area contributed by atoms with Crippen molar-refractivity contribution in [1.82, 2.24) is 20.2 Å². The van der Waals surface area contributed by atoms with Crippen LogP contribution in [0.5, 0.6) is 0 Å². The Labute approximate surface area is 132 Å². The fraction of sp³-hybridized carbons (Fsp3) is 0.267. The van der Waals surface area contributed by atoms with Crippen molar-refractivity contribution < 1.29 is 13.6 Å². The van der Waals surface area contributed by atoms with E-state index >= 15 is 0 Å². The number of nitrogens with one attached hydrogen (secondary N) is 2. The summed E-state index contributed by atoms with van der Waals surface area (Å²) in [6.07, 6.45) is 2.58. The summed E-state index contributed by atoms with van der Waals surface area (Å²) in [5, 5.41) is 5.17. The first-order valence-corrected chi connectivity index (χ1v) is 6.93. The minimum atomic E-state index is -0.751. The molecule has 2 N–H and O–H groups in total. The van der Waals surface area contributed by atoms with Crippen LogP contribution in [0, 0.1) is 11.6 Å². The van der Waals surface area contributed by atoms with E-state index in [1.165, 1.54) is 18.5 Å². The quantitative estimate of drug-likeness (QED) is 0.849. The maximum atomic E-state index is 13.5. The molecule has 1 amide bonds. The molecule has 0 saturated carbocycles. The van der Waals surface area contributed by atoms with Gasteiger partial charge in [-0.3, -0.25) is 4.79 Å². The molecule has 0 aliphatic heterocycles. The van der Waals surface area contributed by atoms with Gasteiger partial charge in [0.25, 0.3) is 5.91 Å². The van der Waals surface area contributed by atoms with Crippen molar-refractivity contribution in [1.29, 1.82) is 0 Å². The molecule has 0 saturated heterocycles. The Bertz CT molecular complexity index is 656. The van der Waals surface area contributed by atoms with Gasteiger partial charge in [-0.15, -0.1) is 0 Å². The molecule has 1 aromatic carbocycles. The van der Waals surface area contributed by atoms with Gasteiger partial charge in [0, 0.05) is 25.5 Å². The minimum absolute atomic E-state index is 0.00107. The summed E-state index contributed by atoms with van der Waals surface area (Å²) in [7, 11) is 3.80. The molecule has 0 spiro atoms. The van der Waals surface area contributed by atoms with Crippen LogP contribution in [0.15, 0.2) is 30.6 Å². The van der Waals surface area contributed by atoms with Crippen molar-refractivity contribution in [3.8, 4) is 0 Å². The summed E-state index contributed by atoms with van der Waals surface area (Å²) in [6, 6.07) is 3.51. The van der Waals surface area contributed by atoms with Crippen LogP contribution in [-0.2, 0) is 0 Å². The molecule has 0 atom stereocenters. The van der Waals surface area contributed by atoms with Crippen LogP contribution in [0.3, 0.4) is 0 Å². The van der Waals surface area contributed by atoms with Gasteiger partial charge >= 0.3 is 0 Å². The molecule has 1 aromatic heterocycles. The standard InChI is InChI=1S/C15H17F2N5O/c1-22(2)7-6-18-14(23)10-8-19-15(20-9-10)21-13-11(16)4-3-5-12(13)17/h3-5,8-9H,6-7H2,1-2H3,(H,18,23)(H,19,20,21). The van der Waals surface area contributed by atoms with Crippen molar-refractivity contribution >= 4 is 17.5 Å². The van der Waals surface area contributed by atoms with E-state index in [1.54, 1.807) is 0 Å². The van der Waals surface area contributed by atoms with Gasteiger partial charge in [-0.1, -0.05) is 6.07 Å². The summed E-state index contributed by atoms with van der Waals surface area (Å²) in [6.45, 7) is 1.20. The monoisotopic (exact) mass is 321 g/mol. The molecule has 1 heterocycles. The van der Waals surface area contributed by atoms with Gasteiger partial charge < -0.3 is 15.5 Å². The van der Waals surface area contributed by atoms with Gasteiger partial charge in [-0.2, -0.15) is 0 Å². The highest BCUT2D eigenvalue weighted by atomic mass is 19.1. The van der Waals surface area contributed by atoms with E-state index < -0.39 is 11.6 Å². The molecule has 0 fully saturated rings. The van der Waals surface area contributed by atoms with E-state index in [-0.39, 0.29) is 23.1 Å². The lowest BCUT2D eigenvalue weighted by Gasteiger charge is -2.10. The van der Waals surface area contributed by atoms with Crippen LogP contribution in [0.1, 0.15) is 10.4 Å². The molecule has 0 unspecified atom stereocenters. The number of amides is 1. The lowest BCUT2D eigenvalue weighted by molar-refractivity contribution is 0.0950. The van der Waals surface area contributed by atoms with Crippen LogP contribution in [0.4, 0.5) is 20.4 Å². The Kier molecular flexibility index (Phi) is 5.53. The first-order valence-electron chi connectivity index (χ1n) is 6.93. The first kappa shape index (κ1) is 16.8. The Morgan fingerprint density at radius 2 is 1.78 bits per heavy atom. The second kappa shape index (κ2) is 7.59. The van der Waals surface area contributed by atoms with Gasteiger partial charge in [0.2, 0.25) is 5.95 Å². The SMILES string of the molecule is CN(C)CCNC(=O)c1cnc(Nc2c(F)cccc2F)nc1. The zero-order valence-corrected chi connectivity index (χ0v) is 12.8. The summed E-state index contributed by atoms with van der Waals surface area (Å²) >= 11 is 0. The normalized spacial score (nSPS) is 10.7. The molecular formula is C15H17F2N5O. The van der Waals surface area contributed by atoms with E-state index in [2.05, 4.69) is 20.6 Å². The van der Waals surface area contributed by atoms with Gasteiger partial charge in [0.1, 0.15) is 17.3 Å². The summed E-state index contributed by atoms with van der Waals surface area (Å²) in [4.78, 5) is 21.6. The minimum Gasteiger partial charge on any atom is -0.351 e. The largest absolute Gasteiger partial charge is 0.351 e. The second-order valence-corrected chi connectivity index (χ2v) is 5.08. The van der Waals surface area contributed by atoms with Crippen molar-refractivity contribution in [2.24, 2.45) is 0 Å². The van der Waals surface area contributed by atoms with Crippen molar-refractivity contribution in [2.45, 2.75) is 0 Å². The molecular weight excluding hydrogens is 304 g/mol. The number of halogens is 2. The fourth-order valence-corrected chi connectivity index (χ4v) is 1.73. The first-order chi connectivity index (χ1) is 11.0. The van der Waals surface area contributed by atoms with Crippen LogP contribution in [0.25, 0.3) is 0 Å². The molecule has 122 valence electrons. The van der Waals surface area contributed by atoms with Gasteiger partial charge in [-0.25, -0.2) is 18.7 Å². The molecule has 0 radical (unpaired) electrons. The summed E-state index contributed by atoms with van der Waals surface area (Å²) < 4.78 is 27.0. The molecule has 0 aliphatic rings. The Balaban J connectivity index is 2.01. The third-order valence-corrected chi connectivity index (χ3v) is 2.96. The molecule has 6 nitrogen and oxygen atoms in total. The number of nitrogens with zero attached hydrogens (tertiary/aromatic N) is 3. The number of benzene rings is 1. The predicted molar refractivity (Wildman–Crippen MR) is 82.6 cm³/mol. The molecule has 23 heavy (non-hydrogen) atoms. The fourth-order valence-electron chi connectivity index (χ4n) is 1.73. The smallest absolute Gasteiger partial charge is 0.254 e. The molecule has 0 aliphatic carbocycles. The number of rotatable bonds is 6. The number of aromatic nitrogens is 2. The van der Waals surface area contributed by atoms with Gasteiger partial charge in [0.15, 0.2) is 0 Å². The number of anilines is 2. The van der Waals surface area contributed by atoms with E-state index in [1.807, 2.05) is 19.0 Å². The van der Waals surface area contributed by atoms with Gasteiger partial charge in [0.05, 0.1) is 5.56 Å². The predicted octanol–water partition coefficient (Wildman–Crippen LogP) is 1.79. The van der Waals surface area contributed by atoms with Crippen molar-refractivity contribution in [3.05, 3.63) is 47.8 Å². The van der Waals surface area contributed by atoms with Crippen LogP contribution < -0.4 is 10.6 Å². The molecule has 0 bridgehead atoms. The number of carbonyl (C=O) groups excluding carboxylic acids is 1. The second-order valence-electron chi connectivity index (χ2n) is 5.08. The Morgan fingerprint density at radius 3 is 2.35 bits per heavy atom. The summed E-state index contributed by atoms with van der Waals surface area (Å²) in [5.41, 5.74) is -0.0704. The van der Waals surface area contributed by atoms with Crippen LogP contribution in [-0.4, -0.2) is 48.0 Å².